The van der Waals surface area contributed by atoms with E-state index in [1.165, 1.54) is 55.6 Å². The quantitative estimate of drug-likeness (QED) is 0.264. The van der Waals surface area contributed by atoms with E-state index in [0.29, 0.717) is 0 Å². The molecule has 34 heavy (non-hydrogen) atoms. The van der Waals surface area contributed by atoms with Gasteiger partial charge in [0.1, 0.15) is 0 Å². The van der Waals surface area contributed by atoms with Gasteiger partial charge in [-0.05, 0) is 68.1 Å². The van der Waals surface area contributed by atoms with Gasteiger partial charge in [-0.1, -0.05) is 129 Å². The van der Waals surface area contributed by atoms with Crippen LogP contribution >= 0.6 is 0 Å². The average Bonchev–Trinajstić information content (AvgIpc) is 3.12. The second-order valence-electron chi connectivity index (χ2n) is 9.83. The Balaban J connectivity index is 1.43. The maximum Gasteiger partial charge on any atom is 0.0158 e. The molecule has 0 atom stereocenters. The number of fused-ring (bicyclic) bond motifs is 3. The normalized spacial score (nSPS) is 13.4. The predicted molar refractivity (Wildman–Crippen MR) is 144 cm³/mol. The van der Waals surface area contributed by atoms with E-state index in [2.05, 4.69) is 135 Å². The zero-order chi connectivity index (χ0) is 23.1. The van der Waals surface area contributed by atoms with E-state index in [9.17, 15) is 0 Å². The van der Waals surface area contributed by atoms with Gasteiger partial charge in [0.25, 0.3) is 0 Å². The molecule has 5 aromatic carbocycles. The first-order chi connectivity index (χ1) is 16.6. The lowest BCUT2D eigenvalue weighted by Gasteiger charge is -2.22. The lowest BCUT2D eigenvalue weighted by Crippen LogP contribution is -2.15. The van der Waals surface area contributed by atoms with Crippen molar-refractivity contribution < 1.29 is 0 Å². The summed E-state index contributed by atoms with van der Waals surface area (Å²) in [6, 6.07) is 44.3. The van der Waals surface area contributed by atoms with Crippen molar-refractivity contribution in [2.75, 3.05) is 0 Å². The summed E-state index contributed by atoms with van der Waals surface area (Å²) in [5.74, 6) is 0. The van der Waals surface area contributed by atoms with Gasteiger partial charge in [-0.25, -0.2) is 0 Å². The summed E-state index contributed by atoms with van der Waals surface area (Å²) in [5.41, 5.74) is 13.5. The fraction of sp³-hybridized carbons (Fsp3) is 0.118. The average molecular weight is 437 g/mol. The van der Waals surface area contributed by atoms with Gasteiger partial charge in [-0.3, -0.25) is 0 Å². The third-order valence-corrected chi connectivity index (χ3v) is 7.34. The van der Waals surface area contributed by atoms with E-state index >= 15 is 0 Å². The monoisotopic (exact) mass is 436 g/mol. The smallest absolute Gasteiger partial charge is 0.0158 e. The SMILES string of the molecule is CC1(C)c2ccccc2-c2ccc(Cc3ccc(-c4ccccc4)cc3-c3ccccc3)cc21. The van der Waals surface area contributed by atoms with Crippen molar-refractivity contribution in [3.63, 3.8) is 0 Å². The summed E-state index contributed by atoms with van der Waals surface area (Å²) in [5, 5.41) is 0. The molecule has 164 valence electrons. The van der Waals surface area contributed by atoms with Crippen LogP contribution in [-0.2, 0) is 11.8 Å². The van der Waals surface area contributed by atoms with Crippen molar-refractivity contribution in [3.8, 4) is 33.4 Å². The zero-order valence-electron chi connectivity index (χ0n) is 19.8. The molecule has 0 N–H and O–H groups in total. The van der Waals surface area contributed by atoms with E-state index in [1.807, 2.05) is 0 Å². The van der Waals surface area contributed by atoms with Gasteiger partial charge in [0.2, 0.25) is 0 Å². The largest absolute Gasteiger partial charge is 0.0622 e. The highest BCUT2D eigenvalue weighted by Crippen LogP contribution is 2.48. The highest BCUT2D eigenvalue weighted by Gasteiger charge is 2.35. The number of rotatable bonds is 4. The Morgan fingerprint density at radius 3 is 1.88 bits per heavy atom. The summed E-state index contributed by atoms with van der Waals surface area (Å²) in [6.07, 6.45) is 0.916. The molecule has 1 aliphatic carbocycles. The van der Waals surface area contributed by atoms with Gasteiger partial charge in [0.15, 0.2) is 0 Å². The van der Waals surface area contributed by atoms with Crippen LogP contribution in [-0.4, -0.2) is 0 Å². The minimum absolute atomic E-state index is 0.0291. The molecular formula is C34H28. The predicted octanol–water partition coefficient (Wildman–Crippen LogP) is 8.92. The molecule has 0 nitrogen and oxygen atoms in total. The molecule has 0 fully saturated rings. The van der Waals surface area contributed by atoms with Crippen molar-refractivity contribution in [1.29, 1.82) is 0 Å². The Labute approximate surface area is 202 Å². The summed E-state index contributed by atoms with van der Waals surface area (Å²) < 4.78 is 0. The Hall–Kier alpha value is -3.90. The molecule has 0 amide bonds. The van der Waals surface area contributed by atoms with Crippen molar-refractivity contribution >= 4 is 0 Å². The minimum atomic E-state index is 0.0291. The first-order valence-electron chi connectivity index (χ1n) is 12.1. The molecule has 0 radical (unpaired) electrons. The van der Waals surface area contributed by atoms with Crippen LogP contribution in [0.5, 0.6) is 0 Å². The second-order valence-corrected chi connectivity index (χ2v) is 9.83. The van der Waals surface area contributed by atoms with E-state index in [4.69, 9.17) is 0 Å². The lowest BCUT2D eigenvalue weighted by atomic mass is 9.81. The van der Waals surface area contributed by atoms with Crippen molar-refractivity contribution in [3.05, 3.63) is 144 Å². The van der Waals surface area contributed by atoms with E-state index in [1.54, 1.807) is 0 Å². The molecule has 5 aromatic rings. The maximum absolute atomic E-state index is 2.44. The van der Waals surface area contributed by atoms with Crippen molar-refractivity contribution in [1.82, 2.24) is 0 Å². The summed E-state index contributed by atoms with van der Waals surface area (Å²) in [7, 11) is 0. The Morgan fingerprint density at radius 2 is 1.12 bits per heavy atom. The van der Waals surface area contributed by atoms with Gasteiger partial charge in [0, 0.05) is 5.41 Å². The Morgan fingerprint density at radius 1 is 0.471 bits per heavy atom. The Kier molecular flexibility index (Phi) is 4.96. The topological polar surface area (TPSA) is 0 Å². The maximum atomic E-state index is 2.44. The molecule has 0 heterocycles. The lowest BCUT2D eigenvalue weighted by molar-refractivity contribution is 0.659. The van der Waals surface area contributed by atoms with Crippen LogP contribution in [0.2, 0.25) is 0 Å². The molecule has 0 aliphatic heterocycles. The van der Waals surface area contributed by atoms with Gasteiger partial charge in [-0.15, -0.1) is 0 Å². The van der Waals surface area contributed by atoms with Crippen LogP contribution in [0, 0.1) is 0 Å². The molecular weight excluding hydrogens is 408 g/mol. The van der Waals surface area contributed by atoms with Crippen LogP contribution in [0.1, 0.15) is 36.1 Å². The molecule has 1 aliphatic rings. The molecule has 0 saturated heterocycles. The van der Waals surface area contributed by atoms with Gasteiger partial charge in [0.05, 0.1) is 0 Å². The van der Waals surface area contributed by atoms with Crippen LogP contribution < -0.4 is 0 Å². The van der Waals surface area contributed by atoms with Crippen molar-refractivity contribution in [2.45, 2.75) is 25.7 Å². The zero-order valence-corrected chi connectivity index (χ0v) is 19.8. The van der Waals surface area contributed by atoms with Gasteiger partial charge >= 0.3 is 0 Å². The Bertz CT molecular complexity index is 1470. The van der Waals surface area contributed by atoms with Crippen molar-refractivity contribution in [2.24, 2.45) is 0 Å². The standard InChI is InChI=1S/C34H28/c1-34(2)32-16-10-9-15-29(32)30-20-17-24(22-33(30)34)21-28-19-18-27(25-11-5-3-6-12-25)23-31(28)26-13-7-4-8-14-26/h3-20,22-23H,21H2,1-2H3. The van der Waals surface area contributed by atoms with Crippen LogP contribution in [0.25, 0.3) is 33.4 Å². The summed E-state index contributed by atoms with van der Waals surface area (Å²) in [6.45, 7) is 4.71. The number of benzene rings is 5. The van der Waals surface area contributed by atoms with E-state index in [0.717, 1.165) is 6.42 Å². The summed E-state index contributed by atoms with van der Waals surface area (Å²) >= 11 is 0. The first kappa shape index (κ1) is 20.7. The highest BCUT2D eigenvalue weighted by atomic mass is 14.4. The molecule has 0 bridgehead atoms. The van der Waals surface area contributed by atoms with Crippen LogP contribution in [0.3, 0.4) is 0 Å². The first-order valence-corrected chi connectivity index (χ1v) is 12.1. The molecule has 0 heteroatoms. The van der Waals surface area contributed by atoms with E-state index < -0.39 is 0 Å². The van der Waals surface area contributed by atoms with E-state index in [-0.39, 0.29) is 5.41 Å². The minimum Gasteiger partial charge on any atom is -0.0622 e. The molecule has 0 spiro atoms. The fourth-order valence-electron chi connectivity index (χ4n) is 5.51. The van der Waals surface area contributed by atoms with Crippen LogP contribution in [0.4, 0.5) is 0 Å². The molecule has 6 rings (SSSR count). The van der Waals surface area contributed by atoms with Crippen LogP contribution in [0.15, 0.2) is 121 Å². The molecule has 0 aromatic heterocycles. The fourth-order valence-corrected chi connectivity index (χ4v) is 5.51. The molecule has 0 saturated carbocycles. The highest BCUT2D eigenvalue weighted by molar-refractivity contribution is 5.81. The molecule has 0 unspecified atom stereocenters. The summed E-state index contributed by atoms with van der Waals surface area (Å²) in [4.78, 5) is 0. The van der Waals surface area contributed by atoms with Gasteiger partial charge < -0.3 is 0 Å². The third kappa shape index (κ3) is 3.47. The number of hydrogen-bond donors (Lipinski definition) is 0. The second kappa shape index (κ2) is 8.15. The van der Waals surface area contributed by atoms with Gasteiger partial charge in [-0.2, -0.15) is 0 Å². The number of hydrogen-bond acceptors (Lipinski definition) is 0. The third-order valence-electron chi connectivity index (χ3n) is 7.34.